The van der Waals surface area contributed by atoms with Crippen molar-refractivity contribution in [2.24, 2.45) is 5.41 Å². The van der Waals surface area contributed by atoms with Crippen LogP contribution in [0.5, 0.6) is 0 Å². The summed E-state index contributed by atoms with van der Waals surface area (Å²) in [5, 5.41) is 9.85. The van der Waals surface area contributed by atoms with Gasteiger partial charge in [0.15, 0.2) is 5.79 Å². The Balaban J connectivity index is 2.42. The van der Waals surface area contributed by atoms with Crippen LogP contribution in [0, 0.1) is 5.41 Å². The Labute approximate surface area is 84.7 Å². The van der Waals surface area contributed by atoms with Gasteiger partial charge >= 0.3 is 0 Å². The Morgan fingerprint density at radius 1 is 1.57 bits per heavy atom. The third kappa shape index (κ3) is 1.16. The number of aliphatic hydroxyl groups excluding tert-OH is 1. The van der Waals surface area contributed by atoms with Crippen LogP contribution in [-0.2, 0) is 9.47 Å². The third-order valence-corrected chi connectivity index (χ3v) is 3.44. The minimum absolute atomic E-state index is 0.0380. The number of methoxy groups -OCH3 is 1. The zero-order chi connectivity index (χ0) is 10.6. The number of hydrogen-bond acceptors (Lipinski definition) is 3. The van der Waals surface area contributed by atoms with Crippen LogP contribution < -0.4 is 0 Å². The summed E-state index contributed by atoms with van der Waals surface area (Å²) in [7, 11) is 1.66. The van der Waals surface area contributed by atoms with Crippen molar-refractivity contribution in [2.75, 3.05) is 7.11 Å². The average molecular weight is 198 g/mol. The lowest BCUT2D eigenvalue weighted by Gasteiger charge is -2.34. The van der Waals surface area contributed by atoms with E-state index in [0.717, 1.165) is 12.0 Å². The van der Waals surface area contributed by atoms with Crippen molar-refractivity contribution >= 4 is 0 Å². The molecule has 0 spiro atoms. The first kappa shape index (κ1) is 10.1. The lowest BCUT2D eigenvalue weighted by atomic mass is 9.82. The maximum Gasteiger partial charge on any atom is 0.191 e. The monoisotopic (exact) mass is 198 g/mol. The second-order valence-electron chi connectivity index (χ2n) is 5.00. The van der Waals surface area contributed by atoms with Gasteiger partial charge < -0.3 is 14.6 Å². The molecule has 3 atom stereocenters. The van der Waals surface area contributed by atoms with Gasteiger partial charge in [0, 0.05) is 13.5 Å². The van der Waals surface area contributed by atoms with E-state index in [0.29, 0.717) is 0 Å². The van der Waals surface area contributed by atoms with Gasteiger partial charge in [-0.05, 0) is 24.0 Å². The molecule has 1 N–H and O–H groups in total. The first-order chi connectivity index (χ1) is 6.41. The van der Waals surface area contributed by atoms with Gasteiger partial charge in [-0.2, -0.15) is 0 Å². The fourth-order valence-corrected chi connectivity index (χ4v) is 2.62. The minimum Gasteiger partial charge on any atom is -0.386 e. The molecule has 0 radical (unpaired) electrons. The van der Waals surface area contributed by atoms with Crippen molar-refractivity contribution in [2.45, 2.75) is 45.2 Å². The summed E-state index contributed by atoms with van der Waals surface area (Å²) in [6.45, 7) is 6.16. The predicted octanol–water partition coefficient (Wildman–Crippen LogP) is 1.47. The Bertz CT molecular complexity index is 282. The van der Waals surface area contributed by atoms with Gasteiger partial charge in [0.05, 0.1) is 12.2 Å². The zero-order valence-corrected chi connectivity index (χ0v) is 9.20. The highest BCUT2D eigenvalue weighted by atomic mass is 16.7. The first-order valence-corrected chi connectivity index (χ1v) is 5.01. The van der Waals surface area contributed by atoms with Crippen LogP contribution in [0.15, 0.2) is 11.6 Å². The Morgan fingerprint density at radius 3 is 2.79 bits per heavy atom. The Morgan fingerprint density at radius 2 is 2.21 bits per heavy atom. The summed E-state index contributed by atoms with van der Waals surface area (Å²) in [6.07, 6.45) is 2.01. The van der Waals surface area contributed by atoms with E-state index < -0.39 is 11.9 Å². The molecule has 0 amide bonds. The molecule has 3 nitrogen and oxygen atoms in total. The second-order valence-corrected chi connectivity index (χ2v) is 5.00. The molecule has 0 aromatic rings. The average Bonchev–Trinajstić information content (AvgIpc) is 2.34. The maximum atomic E-state index is 9.85. The molecule has 3 heteroatoms. The van der Waals surface area contributed by atoms with E-state index >= 15 is 0 Å². The highest BCUT2D eigenvalue weighted by Crippen LogP contribution is 2.51. The SMILES string of the molecule is COC12CC(C)(C)C(O1)C(O)C=C2C. The molecule has 80 valence electrons. The highest BCUT2D eigenvalue weighted by molar-refractivity contribution is 5.24. The lowest BCUT2D eigenvalue weighted by Crippen LogP contribution is -2.41. The molecule has 0 saturated carbocycles. The van der Waals surface area contributed by atoms with Gasteiger partial charge in [-0.25, -0.2) is 0 Å². The van der Waals surface area contributed by atoms with Crippen LogP contribution in [0.1, 0.15) is 27.2 Å². The van der Waals surface area contributed by atoms with Crippen molar-refractivity contribution < 1.29 is 14.6 Å². The maximum absolute atomic E-state index is 9.85. The summed E-state index contributed by atoms with van der Waals surface area (Å²) < 4.78 is 11.3. The fraction of sp³-hybridized carbons (Fsp3) is 0.818. The summed E-state index contributed by atoms with van der Waals surface area (Å²) in [6, 6.07) is 0. The number of ether oxygens (including phenoxy) is 2. The summed E-state index contributed by atoms with van der Waals surface area (Å²) in [5.41, 5.74) is 0.943. The van der Waals surface area contributed by atoms with Gasteiger partial charge in [-0.3, -0.25) is 0 Å². The van der Waals surface area contributed by atoms with Gasteiger partial charge in [0.2, 0.25) is 0 Å². The highest BCUT2D eigenvalue weighted by Gasteiger charge is 2.57. The van der Waals surface area contributed by atoms with Crippen molar-refractivity contribution in [1.82, 2.24) is 0 Å². The lowest BCUT2D eigenvalue weighted by molar-refractivity contribution is -0.207. The van der Waals surface area contributed by atoms with Gasteiger partial charge in [-0.15, -0.1) is 0 Å². The van der Waals surface area contributed by atoms with Crippen LogP contribution in [0.3, 0.4) is 0 Å². The van der Waals surface area contributed by atoms with Crippen LogP contribution in [-0.4, -0.2) is 30.2 Å². The molecular formula is C11H18O3. The predicted molar refractivity (Wildman–Crippen MR) is 52.8 cm³/mol. The Kier molecular flexibility index (Phi) is 2.04. The smallest absolute Gasteiger partial charge is 0.191 e. The van der Waals surface area contributed by atoms with Crippen LogP contribution in [0.4, 0.5) is 0 Å². The standard InChI is InChI=1S/C11H18O3/c1-7-5-8(12)9-10(2,3)6-11(7,13-4)14-9/h5,8-9,12H,6H2,1-4H3. The largest absolute Gasteiger partial charge is 0.386 e. The summed E-state index contributed by atoms with van der Waals surface area (Å²) >= 11 is 0. The molecule has 1 fully saturated rings. The molecular weight excluding hydrogens is 180 g/mol. The summed E-state index contributed by atoms with van der Waals surface area (Å²) in [5.74, 6) is -0.590. The van der Waals surface area contributed by atoms with Crippen molar-refractivity contribution in [3.8, 4) is 0 Å². The molecule has 2 bridgehead atoms. The normalized spacial score (nSPS) is 45.1. The van der Waals surface area contributed by atoms with Gasteiger partial charge in [0.25, 0.3) is 0 Å². The topological polar surface area (TPSA) is 38.7 Å². The van der Waals surface area contributed by atoms with Gasteiger partial charge in [-0.1, -0.05) is 13.8 Å². The molecule has 14 heavy (non-hydrogen) atoms. The molecule has 2 aliphatic rings. The van der Waals surface area contributed by atoms with Crippen molar-refractivity contribution in [1.29, 1.82) is 0 Å². The molecule has 3 unspecified atom stereocenters. The van der Waals surface area contributed by atoms with E-state index in [-0.39, 0.29) is 11.5 Å². The second kappa shape index (κ2) is 2.81. The third-order valence-electron chi connectivity index (χ3n) is 3.44. The van der Waals surface area contributed by atoms with E-state index in [4.69, 9.17) is 9.47 Å². The van der Waals surface area contributed by atoms with Crippen LogP contribution in [0.2, 0.25) is 0 Å². The van der Waals surface area contributed by atoms with E-state index in [1.165, 1.54) is 0 Å². The number of aliphatic hydroxyl groups is 1. The molecule has 2 rings (SSSR count). The van der Waals surface area contributed by atoms with E-state index in [2.05, 4.69) is 13.8 Å². The van der Waals surface area contributed by atoms with E-state index in [9.17, 15) is 5.11 Å². The number of rotatable bonds is 1. The quantitative estimate of drug-likeness (QED) is 0.648. The first-order valence-electron chi connectivity index (χ1n) is 5.01. The van der Waals surface area contributed by atoms with E-state index in [1.807, 2.05) is 13.0 Å². The van der Waals surface area contributed by atoms with Crippen molar-refractivity contribution in [3.63, 3.8) is 0 Å². The van der Waals surface area contributed by atoms with Gasteiger partial charge in [0.1, 0.15) is 0 Å². The summed E-state index contributed by atoms with van der Waals surface area (Å²) in [4.78, 5) is 0. The number of fused-ring (bicyclic) bond motifs is 2. The molecule has 1 saturated heterocycles. The molecule has 0 aromatic heterocycles. The zero-order valence-electron chi connectivity index (χ0n) is 9.20. The van der Waals surface area contributed by atoms with Crippen LogP contribution in [0.25, 0.3) is 0 Å². The molecule has 2 heterocycles. The fourth-order valence-electron chi connectivity index (χ4n) is 2.62. The Hall–Kier alpha value is -0.380. The van der Waals surface area contributed by atoms with Crippen molar-refractivity contribution in [3.05, 3.63) is 11.6 Å². The minimum atomic E-state index is -0.590. The van der Waals surface area contributed by atoms with Crippen LogP contribution >= 0.6 is 0 Å². The molecule has 0 aromatic carbocycles. The molecule has 2 aliphatic heterocycles. The molecule has 0 aliphatic carbocycles. The van der Waals surface area contributed by atoms with E-state index in [1.54, 1.807) is 7.11 Å². The number of hydrogen-bond donors (Lipinski definition) is 1.